The number of benzene rings is 1. The van der Waals surface area contributed by atoms with Gasteiger partial charge < -0.3 is 25.0 Å². The number of ether oxygens (including phenoxy) is 1. The fraction of sp³-hybridized carbons (Fsp3) is 0.643. The molecule has 0 amide bonds. The van der Waals surface area contributed by atoms with Crippen LogP contribution < -0.4 is 15.0 Å². The number of aliphatic hydroxyl groups is 1. The molecule has 0 spiro atoms. The van der Waals surface area contributed by atoms with Crippen molar-refractivity contribution in [2.24, 2.45) is 0 Å². The van der Waals surface area contributed by atoms with Gasteiger partial charge >= 0.3 is 6.01 Å². The summed E-state index contributed by atoms with van der Waals surface area (Å²) >= 11 is 0. The Labute approximate surface area is 213 Å². The Morgan fingerprint density at radius 2 is 1.86 bits per heavy atom. The van der Waals surface area contributed by atoms with Crippen molar-refractivity contribution in [3.05, 3.63) is 46.6 Å². The minimum atomic E-state index is -0.382. The summed E-state index contributed by atoms with van der Waals surface area (Å²) in [6, 6.07) is 10.7. The van der Waals surface area contributed by atoms with Gasteiger partial charge in [0.2, 0.25) is 0 Å². The summed E-state index contributed by atoms with van der Waals surface area (Å²) in [7, 11) is 2.18. The molecule has 2 bridgehead atoms. The van der Waals surface area contributed by atoms with Gasteiger partial charge in [0.1, 0.15) is 12.4 Å². The quantitative estimate of drug-likeness (QED) is 0.662. The molecule has 8 nitrogen and oxygen atoms in total. The number of nitrogens with one attached hydrogen (secondary N) is 1. The molecular formula is C28H38N6O2. The smallest absolute Gasteiger partial charge is 0.318 e. The normalized spacial score (nSPS) is 32.1. The molecule has 5 heterocycles. The van der Waals surface area contributed by atoms with Crippen LogP contribution in [-0.2, 0) is 13.0 Å². The number of rotatable bonds is 5. The van der Waals surface area contributed by atoms with Gasteiger partial charge in [-0.1, -0.05) is 24.3 Å². The molecule has 4 unspecified atom stereocenters. The van der Waals surface area contributed by atoms with Crippen molar-refractivity contribution in [1.29, 1.82) is 0 Å². The number of hydrogen-bond acceptors (Lipinski definition) is 8. The van der Waals surface area contributed by atoms with E-state index in [4.69, 9.17) is 14.7 Å². The molecule has 1 aliphatic carbocycles. The number of likely N-dealkylation sites (tertiary alicyclic amines) is 1. The number of fused-ring (bicyclic) bond motifs is 4. The van der Waals surface area contributed by atoms with Crippen molar-refractivity contribution in [2.45, 2.75) is 75.3 Å². The molecule has 3 saturated heterocycles. The van der Waals surface area contributed by atoms with Gasteiger partial charge in [0.05, 0.1) is 11.8 Å². The van der Waals surface area contributed by atoms with E-state index in [9.17, 15) is 5.11 Å². The predicted molar refractivity (Wildman–Crippen MR) is 138 cm³/mol. The van der Waals surface area contributed by atoms with Crippen molar-refractivity contribution in [1.82, 2.24) is 25.1 Å². The summed E-state index contributed by atoms with van der Waals surface area (Å²) in [5, 5.41) is 14.5. The molecule has 2 aromatic rings. The SMILES string of the molecule is CN1CCC[C@H]1COc1nc2c(c(N3CC4CCC(C3)N4)n1)CCN(C1CC(O)c3ccccc31)C2. The second kappa shape index (κ2) is 9.24. The van der Waals surface area contributed by atoms with E-state index in [1.165, 1.54) is 36.8 Å². The molecule has 4 aliphatic heterocycles. The molecule has 5 aliphatic rings. The van der Waals surface area contributed by atoms with Crippen LogP contribution in [0.25, 0.3) is 0 Å². The molecule has 0 radical (unpaired) electrons. The van der Waals surface area contributed by atoms with Crippen LogP contribution in [0.5, 0.6) is 6.01 Å². The number of aliphatic hydroxyl groups excluding tert-OH is 1. The first-order chi connectivity index (χ1) is 17.6. The molecule has 5 atom stereocenters. The fourth-order valence-electron chi connectivity index (χ4n) is 7.26. The average Bonchev–Trinajstić information content (AvgIpc) is 3.58. The lowest BCUT2D eigenvalue weighted by Crippen LogP contribution is -2.52. The van der Waals surface area contributed by atoms with Crippen molar-refractivity contribution >= 4 is 5.82 Å². The molecule has 192 valence electrons. The topological polar surface area (TPSA) is 77.0 Å². The summed E-state index contributed by atoms with van der Waals surface area (Å²) in [6.07, 6.45) is 6.22. The lowest BCUT2D eigenvalue weighted by molar-refractivity contribution is 0.114. The maximum atomic E-state index is 10.7. The molecular weight excluding hydrogens is 452 g/mol. The third kappa shape index (κ3) is 4.08. The van der Waals surface area contributed by atoms with E-state index < -0.39 is 0 Å². The lowest BCUT2D eigenvalue weighted by Gasteiger charge is -2.38. The minimum absolute atomic E-state index is 0.231. The summed E-state index contributed by atoms with van der Waals surface area (Å²) < 4.78 is 6.30. The number of aromatic nitrogens is 2. The highest BCUT2D eigenvalue weighted by molar-refractivity contribution is 5.52. The van der Waals surface area contributed by atoms with E-state index >= 15 is 0 Å². The number of hydrogen-bond donors (Lipinski definition) is 2. The van der Waals surface area contributed by atoms with Crippen LogP contribution in [0.4, 0.5) is 5.82 Å². The van der Waals surface area contributed by atoms with E-state index in [0.29, 0.717) is 30.7 Å². The number of likely N-dealkylation sites (N-methyl/N-ethyl adjacent to an activating group) is 1. The van der Waals surface area contributed by atoms with Gasteiger partial charge in [0.15, 0.2) is 0 Å². The first kappa shape index (κ1) is 22.9. The Bertz CT molecular complexity index is 1120. The van der Waals surface area contributed by atoms with Crippen LogP contribution >= 0.6 is 0 Å². The van der Waals surface area contributed by atoms with E-state index in [-0.39, 0.29) is 12.1 Å². The summed E-state index contributed by atoms with van der Waals surface area (Å²) in [4.78, 5) is 17.4. The largest absolute Gasteiger partial charge is 0.462 e. The van der Waals surface area contributed by atoms with Gasteiger partial charge in [-0.2, -0.15) is 9.97 Å². The van der Waals surface area contributed by atoms with Gasteiger partial charge in [-0.15, -0.1) is 0 Å². The van der Waals surface area contributed by atoms with Crippen LogP contribution in [0.2, 0.25) is 0 Å². The van der Waals surface area contributed by atoms with Crippen molar-refractivity contribution in [2.75, 3.05) is 44.7 Å². The molecule has 2 N–H and O–H groups in total. The third-order valence-corrected chi connectivity index (χ3v) is 9.25. The first-order valence-electron chi connectivity index (χ1n) is 13.9. The van der Waals surface area contributed by atoms with Crippen LogP contribution in [0.3, 0.4) is 0 Å². The maximum Gasteiger partial charge on any atom is 0.318 e. The lowest BCUT2D eigenvalue weighted by atomic mass is 10.00. The van der Waals surface area contributed by atoms with Gasteiger partial charge in [0.25, 0.3) is 0 Å². The van der Waals surface area contributed by atoms with Crippen molar-refractivity contribution < 1.29 is 9.84 Å². The maximum absolute atomic E-state index is 10.7. The van der Waals surface area contributed by atoms with E-state index in [1.54, 1.807) is 0 Å². The summed E-state index contributed by atoms with van der Waals surface area (Å²) in [5.74, 6) is 1.10. The van der Waals surface area contributed by atoms with Gasteiger partial charge in [-0.25, -0.2) is 0 Å². The van der Waals surface area contributed by atoms with Gasteiger partial charge in [-0.05, 0) is 63.2 Å². The standard InChI is InChI=1S/C28H38N6O2/c1-32-11-4-5-20(32)17-36-28-30-24-16-33(25-13-26(35)22-7-3-2-6-21(22)25)12-10-23(24)27(31-28)34-14-18-8-9-19(15-34)29-18/h2-3,6-7,18-20,25-26,29,35H,4-5,8-17H2,1H3/t18?,19?,20-,25?,26?/m0/s1. The monoisotopic (exact) mass is 490 g/mol. The minimum Gasteiger partial charge on any atom is -0.462 e. The number of anilines is 1. The number of piperazine rings is 1. The van der Waals surface area contributed by atoms with Gasteiger partial charge in [-0.3, -0.25) is 4.90 Å². The Hall–Kier alpha value is -2.26. The Balaban J connectivity index is 1.18. The van der Waals surface area contributed by atoms with E-state index in [1.807, 2.05) is 6.07 Å². The third-order valence-electron chi connectivity index (χ3n) is 9.25. The summed E-state index contributed by atoms with van der Waals surface area (Å²) in [5.41, 5.74) is 4.75. The Morgan fingerprint density at radius 1 is 1.06 bits per heavy atom. The van der Waals surface area contributed by atoms with Crippen LogP contribution in [0.15, 0.2) is 24.3 Å². The zero-order valence-electron chi connectivity index (χ0n) is 21.3. The Kier molecular flexibility index (Phi) is 5.88. The highest BCUT2D eigenvalue weighted by Gasteiger charge is 2.38. The van der Waals surface area contributed by atoms with E-state index in [2.05, 4.69) is 45.3 Å². The highest BCUT2D eigenvalue weighted by atomic mass is 16.5. The average molecular weight is 491 g/mol. The molecule has 1 aromatic carbocycles. The fourth-order valence-corrected chi connectivity index (χ4v) is 7.26. The predicted octanol–water partition coefficient (Wildman–Crippen LogP) is 2.43. The van der Waals surface area contributed by atoms with Crippen molar-refractivity contribution in [3.8, 4) is 6.01 Å². The zero-order chi connectivity index (χ0) is 24.2. The Morgan fingerprint density at radius 3 is 2.64 bits per heavy atom. The van der Waals surface area contributed by atoms with Crippen molar-refractivity contribution in [3.63, 3.8) is 0 Å². The molecule has 36 heavy (non-hydrogen) atoms. The van der Waals surface area contributed by atoms with Crippen LogP contribution in [0, 0.1) is 0 Å². The second-order valence-electron chi connectivity index (χ2n) is 11.5. The van der Waals surface area contributed by atoms with Gasteiger partial charge in [0, 0.05) is 55.9 Å². The molecule has 3 fully saturated rings. The zero-order valence-corrected chi connectivity index (χ0v) is 21.3. The first-order valence-corrected chi connectivity index (χ1v) is 13.9. The molecule has 0 saturated carbocycles. The molecule has 1 aromatic heterocycles. The summed E-state index contributed by atoms with van der Waals surface area (Å²) in [6.45, 7) is 5.54. The van der Waals surface area contributed by atoms with E-state index in [0.717, 1.165) is 62.6 Å². The molecule has 8 heteroatoms. The van der Waals surface area contributed by atoms with Crippen LogP contribution in [0.1, 0.15) is 66.6 Å². The number of nitrogens with zero attached hydrogens (tertiary/aromatic N) is 5. The van der Waals surface area contributed by atoms with Crippen LogP contribution in [-0.4, -0.2) is 82.8 Å². The second-order valence-corrected chi connectivity index (χ2v) is 11.5. The molecule has 7 rings (SSSR count). The highest BCUT2D eigenvalue weighted by Crippen LogP contribution is 2.44.